The van der Waals surface area contributed by atoms with E-state index in [4.69, 9.17) is 9.79 Å². The van der Waals surface area contributed by atoms with Gasteiger partial charge in [0.2, 0.25) is 0 Å². The Morgan fingerprint density at radius 2 is 1.62 bits per heavy atom. The van der Waals surface area contributed by atoms with Crippen LogP contribution in [-0.4, -0.2) is 15.3 Å². The number of carbonyl (C=O) groups is 1. The third-order valence-electron chi connectivity index (χ3n) is 1.97. The molecule has 0 bridgehead atoms. The molecule has 0 heterocycles. The minimum Gasteiger partial charge on any atom is -0.319 e. The van der Waals surface area contributed by atoms with E-state index in [1.54, 1.807) is 0 Å². The summed E-state index contributed by atoms with van der Waals surface area (Å²) < 4.78 is 10.6. The third-order valence-corrected chi connectivity index (χ3v) is 2.83. The second-order valence-corrected chi connectivity index (χ2v) is 4.28. The van der Waals surface area contributed by atoms with Gasteiger partial charge in [0.15, 0.2) is 0 Å². The molecule has 0 unspecified atom stereocenters. The van der Waals surface area contributed by atoms with Crippen LogP contribution >= 0.6 is 7.60 Å². The van der Waals surface area contributed by atoms with Gasteiger partial charge in [-0.15, -0.1) is 0 Å². The molecule has 0 atom stereocenters. The van der Waals surface area contributed by atoms with Gasteiger partial charge >= 0.3 is 7.60 Å². The molecule has 0 aliphatic heterocycles. The number of hydrogen-bond acceptors (Lipinski definition) is 2. The lowest BCUT2D eigenvalue weighted by Crippen LogP contribution is -2.03. The molecule has 5 heteroatoms. The summed E-state index contributed by atoms with van der Waals surface area (Å²) in [5.74, 6) is 0. The van der Waals surface area contributed by atoms with Gasteiger partial charge in [0.1, 0.15) is 0 Å². The Labute approximate surface area is 77.8 Å². The van der Waals surface area contributed by atoms with Crippen LogP contribution in [0.5, 0.6) is 0 Å². The highest BCUT2D eigenvalue weighted by Gasteiger charge is 2.27. The molecule has 0 aromatic rings. The predicted molar refractivity (Wildman–Crippen MR) is 50.3 cm³/mol. The van der Waals surface area contributed by atoms with Gasteiger partial charge < -0.3 is 9.79 Å². The number of carbonyl (C=O) groups excluding carboxylic acids is 1. The van der Waals surface area contributed by atoms with Crippen molar-refractivity contribution in [3.8, 4) is 0 Å². The van der Waals surface area contributed by atoms with Crippen LogP contribution in [0.25, 0.3) is 0 Å². The van der Waals surface area contributed by atoms with E-state index in [1.807, 2.05) is 13.8 Å². The molecule has 0 saturated heterocycles. The van der Waals surface area contributed by atoms with Gasteiger partial charge in [0.05, 0.1) is 0 Å². The summed E-state index contributed by atoms with van der Waals surface area (Å²) >= 11 is 0. The smallest absolute Gasteiger partial charge is 0.319 e. The Balaban J connectivity index is 4.98. The fraction of sp³-hybridized carbons (Fsp3) is 0.625. The maximum Gasteiger partial charge on any atom is 0.396 e. The highest BCUT2D eigenvalue weighted by atomic mass is 31.2. The largest absolute Gasteiger partial charge is 0.396 e. The van der Waals surface area contributed by atoms with Crippen LogP contribution in [0.1, 0.15) is 33.6 Å². The summed E-state index contributed by atoms with van der Waals surface area (Å²) in [6, 6.07) is 0. The van der Waals surface area contributed by atoms with Crippen molar-refractivity contribution in [2.45, 2.75) is 33.6 Å². The van der Waals surface area contributed by atoms with E-state index in [1.165, 1.54) is 6.92 Å². The van der Waals surface area contributed by atoms with Crippen LogP contribution in [0.15, 0.2) is 11.1 Å². The summed E-state index contributed by atoms with van der Waals surface area (Å²) in [4.78, 5) is 28.4. The van der Waals surface area contributed by atoms with E-state index in [0.717, 1.165) is 5.57 Å². The van der Waals surface area contributed by atoms with Gasteiger partial charge in [0.25, 0.3) is 5.52 Å². The maximum absolute atomic E-state index is 11.1. The lowest BCUT2D eigenvalue weighted by Gasteiger charge is -2.07. The maximum atomic E-state index is 11.1. The van der Waals surface area contributed by atoms with Gasteiger partial charge in [0, 0.05) is 5.57 Å². The highest BCUT2D eigenvalue weighted by molar-refractivity contribution is 7.70. The second kappa shape index (κ2) is 4.70. The molecule has 13 heavy (non-hydrogen) atoms. The summed E-state index contributed by atoms with van der Waals surface area (Å²) in [5, 5.41) is 0. The van der Waals surface area contributed by atoms with Crippen molar-refractivity contribution in [2.75, 3.05) is 0 Å². The molecule has 76 valence electrons. The van der Waals surface area contributed by atoms with Crippen LogP contribution in [0.2, 0.25) is 0 Å². The molecular formula is C8H15O4P. The molecule has 0 fully saturated rings. The average Bonchev–Trinajstić information content (AvgIpc) is 2.03. The molecule has 0 aliphatic carbocycles. The van der Waals surface area contributed by atoms with Crippen molar-refractivity contribution < 1.29 is 19.1 Å². The van der Waals surface area contributed by atoms with E-state index in [9.17, 15) is 9.36 Å². The fourth-order valence-electron chi connectivity index (χ4n) is 1.15. The molecule has 0 aromatic heterocycles. The fourth-order valence-corrected chi connectivity index (χ4v) is 1.75. The molecule has 0 spiro atoms. The van der Waals surface area contributed by atoms with E-state index < -0.39 is 13.1 Å². The van der Waals surface area contributed by atoms with Crippen LogP contribution < -0.4 is 0 Å². The number of allylic oxidation sites excluding steroid dienone is 2. The van der Waals surface area contributed by atoms with Crippen LogP contribution in [0.4, 0.5) is 0 Å². The van der Waals surface area contributed by atoms with Crippen molar-refractivity contribution in [3.63, 3.8) is 0 Å². The molecule has 0 rings (SSSR count). The van der Waals surface area contributed by atoms with Crippen molar-refractivity contribution in [1.29, 1.82) is 0 Å². The van der Waals surface area contributed by atoms with Crippen molar-refractivity contribution in [3.05, 3.63) is 11.1 Å². The second-order valence-electron chi connectivity index (χ2n) is 2.78. The summed E-state index contributed by atoms with van der Waals surface area (Å²) in [6.45, 7) is 5.17. The van der Waals surface area contributed by atoms with Crippen molar-refractivity contribution >= 4 is 13.1 Å². The van der Waals surface area contributed by atoms with E-state index in [0.29, 0.717) is 12.8 Å². The minimum atomic E-state index is -4.59. The SMILES string of the molecule is CCC(CC)=C(C)C(=O)P(=O)(O)O. The monoisotopic (exact) mass is 206 g/mol. The zero-order chi connectivity index (χ0) is 10.6. The summed E-state index contributed by atoms with van der Waals surface area (Å²) in [6.07, 6.45) is 1.29. The van der Waals surface area contributed by atoms with E-state index >= 15 is 0 Å². The Bertz CT molecular complexity index is 268. The lowest BCUT2D eigenvalue weighted by atomic mass is 10.1. The van der Waals surface area contributed by atoms with E-state index in [2.05, 4.69) is 0 Å². The summed E-state index contributed by atoms with van der Waals surface area (Å²) in [5.41, 5.74) is -0.0436. The van der Waals surface area contributed by atoms with Gasteiger partial charge in [-0.25, -0.2) is 0 Å². The van der Waals surface area contributed by atoms with Gasteiger partial charge in [-0.2, -0.15) is 0 Å². The third kappa shape index (κ3) is 3.43. The average molecular weight is 206 g/mol. The van der Waals surface area contributed by atoms with Crippen LogP contribution in [0.3, 0.4) is 0 Å². The summed E-state index contributed by atoms with van der Waals surface area (Å²) in [7, 11) is -4.59. The highest BCUT2D eigenvalue weighted by Crippen LogP contribution is 2.39. The normalized spacial score (nSPS) is 11.2. The van der Waals surface area contributed by atoms with Gasteiger partial charge in [-0.1, -0.05) is 19.4 Å². The molecule has 2 N–H and O–H groups in total. The number of hydrogen-bond donors (Lipinski definition) is 2. The quantitative estimate of drug-likeness (QED) is 0.543. The molecule has 0 aliphatic rings. The Kier molecular flexibility index (Phi) is 4.54. The Morgan fingerprint density at radius 1 is 1.23 bits per heavy atom. The minimum absolute atomic E-state index is 0.207. The zero-order valence-electron chi connectivity index (χ0n) is 8.07. The number of rotatable bonds is 4. The molecule has 0 aromatic carbocycles. The first-order valence-electron chi connectivity index (χ1n) is 4.13. The molecule has 0 radical (unpaired) electrons. The predicted octanol–water partition coefficient (Wildman–Crippen LogP) is 1.83. The first kappa shape index (κ1) is 12.6. The van der Waals surface area contributed by atoms with Gasteiger partial charge in [-0.05, 0) is 19.8 Å². The standard InChI is InChI=1S/C8H15O4P/c1-4-7(5-2)6(3)8(9)13(10,11)12/h4-5H2,1-3H3,(H2,10,11,12). The molecule has 4 nitrogen and oxygen atoms in total. The van der Waals surface area contributed by atoms with Crippen LogP contribution in [0, 0.1) is 0 Å². The van der Waals surface area contributed by atoms with Crippen molar-refractivity contribution in [1.82, 2.24) is 0 Å². The first-order valence-corrected chi connectivity index (χ1v) is 5.74. The zero-order valence-corrected chi connectivity index (χ0v) is 8.97. The van der Waals surface area contributed by atoms with Crippen LogP contribution in [-0.2, 0) is 9.36 Å². The van der Waals surface area contributed by atoms with Gasteiger partial charge in [-0.3, -0.25) is 9.36 Å². The van der Waals surface area contributed by atoms with E-state index in [-0.39, 0.29) is 5.57 Å². The molecule has 0 amide bonds. The topological polar surface area (TPSA) is 74.6 Å². The molecular weight excluding hydrogens is 191 g/mol. The Hall–Kier alpha value is -0.440. The lowest BCUT2D eigenvalue weighted by molar-refractivity contribution is -0.110. The van der Waals surface area contributed by atoms with Crippen molar-refractivity contribution in [2.24, 2.45) is 0 Å². The Morgan fingerprint density at radius 3 is 1.85 bits per heavy atom. The first-order chi connectivity index (χ1) is 5.84. The molecule has 0 saturated carbocycles.